The molecule has 0 aliphatic rings. The molecule has 132 valence electrons. The second-order valence-corrected chi connectivity index (χ2v) is 5.69. The van der Waals surface area contributed by atoms with E-state index in [1.54, 1.807) is 0 Å². The summed E-state index contributed by atoms with van der Waals surface area (Å²) in [5, 5.41) is 5.47. The Bertz CT molecular complexity index is 987. The standard InChI is InChI=1S/C20H16F2N2O2/c21-16-8-7-15(18(22)11-16)12-26-24-10-9-14-6-5-13-3-1-2-4-17(13)19(14)20(23)25/h1-8,10-11H,9,12H2,(H2,23,25). The minimum atomic E-state index is -0.689. The zero-order valence-electron chi connectivity index (χ0n) is 13.8. The highest BCUT2D eigenvalue weighted by atomic mass is 19.1. The second kappa shape index (κ2) is 7.74. The van der Waals surface area contributed by atoms with E-state index in [0.29, 0.717) is 12.0 Å². The van der Waals surface area contributed by atoms with Gasteiger partial charge in [-0.2, -0.15) is 0 Å². The Balaban J connectivity index is 1.70. The molecule has 4 nitrogen and oxygen atoms in total. The van der Waals surface area contributed by atoms with E-state index in [4.69, 9.17) is 10.6 Å². The number of hydrogen-bond donors (Lipinski definition) is 1. The summed E-state index contributed by atoms with van der Waals surface area (Å²) in [6.45, 7) is -0.122. The Morgan fingerprint density at radius 1 is 1.08 bits per heavy atom. The first-order valence-electron chi connectivity index (χ1n) is 7.94. The van der Waals surface area contributed by atoms with Gasteiger partial charge in [-0.05, 0) is 28.5 Å². The maximum atomic E-state index is 13.5. The first kappa shape index (κ1) is 17.5. The Hall–Kier alpha value is -3.28. The molecule has 0 aliphatic carbocycles. The number of oxime groups is 1. The number of nitrogens with two attached hydrogens (primary N) is 1. The number of hydrogen-bond acceptors (Lipinski definition) is 3. The Labute approximate surface area is 148 Å². The average molecular weight is 354 g/mol. The number of carbonyl (C=O) groups is 1. The summed E-state index contributed by atoms with van der Waals surface area (Å²) in [4.78, 5) is 16.9. The van der Waals surface area contributed by atoms with Gasteiger partial charge in [-0.1, -0.05) is 41.6 Å². The zero-order valence-corrected chi connectivity index (χ0v) is 13.8. The summed E-state index contributed by atoms with van der Waals surface area (Å²) < 4.78 is 26.3. The van der Waals surface area contributed by atoms with E-state index in [1.807, 2.05) is 36.4 Å². The van der Waals surface area contributed by atoms with Crippen molar-refractivity contribution in [3.8, 4) is 0 Å². The van der Waals surface area contributed by atoms with Gasteiger partial charge in [0.15, 0.2) is 0 Å². The van der Waals surface area contributed by atoms with Crippen LogP contribution in [0.3, 0.4) is 0 Å². The van der Waals surface area contributed by atoms with Crippen molar-refractivity contribution in [1.29, 1.82) is 0 Å². The van der Waals surface area contributed by atoms with E-state index in [1.165, 1.54) is 12.3 Å². The lowest BCUT2D eigenvalue weighted by Crippen LogP contribution is -2.14. The average Bonchev–Trinajstić information content (AvgIpc) is 2.62. The molecule has 0 spiro atoms. The SMILES string of the molecule is NC(=O)c1c(CC=NOCc2ccc(F)cc2F)ccc2ccccc12. The maximum absolute atomic E-state index is 13.5. The number of benzene rings is 3. The fourth-order valence-electron chi connectivity index (χ4n) is 2.71. The molecule has 0 saturated carbocycles. The predicted molar refractivity (Wildman–Crippen MR) is 95.8 cm³/mol. The third-order valence-electron chi connectivity index (χ3n) is 3.96. The van der Waals surface area contributed by atoms with E-state index >= 15 is 0 Å². The monoisotopic (exact) mass is 354 g/mol. The van der Waals surface area contributed by atoms with Crippen molar-refractivity contribution >= 4 is 22.9 Å². The minimum absolute atomic E-state index is 0.122. The molecule has 0 aromatic heterocycles. The Kier molecular flexibility index (Phi) is 5.22. The van der Waals surface area contributed by atoms with Gasteiger partial charge >= 0.3 is 0 Å². The number of nitrogens with zero attached hydrogens (tertiary/aromatic N) is 1. The molecule has 0 heterocycles. The first-order chi connectivity index (χ1) is 12.6. The van der Waals surface area contributed by atoms with Gasteiger partial charge in [-0.25, -0.2) is 8.78 Å². The predicted octanol–water partition coefficient (Wildman–Crippen LogP) is 3.96. The second-order valence-electron chi connectivity index (χ2n) is 5.69. The highest BCUT2D eigenvalue weighted by molar-refractivity contribution is 6.08. The topological polar surface area (TPSA) is 64.7 Å². The normalized spacial score (nSPS) is 11.2. The van der Waals surface area contributed by atoms with Crippen LogP contribution in [0.1, 0.15) is 21.5 Å². The van der Waals surface area contributed by atoms with Crippen molar-refractivity contribution < 1.29 is 18.4 Å². The fourth-order valence-corrected chi connectivity index (χ4v) is 2.71. The van der Waals surface area contributed by atoms with Gasteiger partial charge in [0.05, 0.1) is 5.56 Å². The molecule has 0 bridgehead atoms. The summed E-state index contributed by atoms with van der Waals surface area (Å²) in [6.07, 6.45) is 1.80. The van der Waals surface area contributed by atoms with Crippen LogP contribution in [0, 0.1) is 11.6 Å². The number of rotatable bonds is 6. The summed E-state index contributed by atoms with van der Waals surface area (Å²) in [5.41, 5.74) is 6.89. The highest BCUT2D eigenvalue weighted by Crippen LogP contribution is 2.22. The Morgan fingerprint density at radius 2 is 1.85 bits per heavy atom. The van der Waals surface area contributed by atoms with E-state index in [2.05, 4.69) is 5.16 Å². The zero-order chi connectivity index (χ0) is 18.5. The van der Waals surface area contributed by atoms with Gasteiger partial charge in [-0.15, -0.1) is 0 Å². The molecule has 0 unspecified atom stereocenters. The van der Waals surface area contributed by atoms with Crippen molar-refractivity contribution in [3.63, 3.8) is 0 Å². The van der Waals surface area contributed by atoms with Crippen molar-refractivity contribution in [2.45, 2.75) is 13.0 Å². The number of amides is 1. The van der Waals surface area contributed by atoms with Crippen LogP contribution in [0.2, 0.25) is 0 Å². The van der Waals surface area contributed by atoms with Gasteiger partial charge in [0.1, 0.15) is 18.2 Å². The molecule has 0 fully saturated rings. The molecule has 3 aromatic rings. The third-order valence-corrected chi connectivity index (χ3v) is 3.96. The molecule has 0 saturated heterocycles. The van der Waals surface area contributed by atoms with Gasteiger partial charge in [0, 0.05) is 24.3 Å². The van der Waals surface area contributed by atoms with Crippen LogP contribution in [0.5, 0.6) is 0 Å². The summed E-state index contributed by atoms with van der Waals surface area (Å²) in [7, 11) is 0. The van der Waals surface area contributed by atoms with Crippen molar-refractivity contribution in [2.24, 2.45) is 10.9 Å². The van der Waals surface area contributed by atoms with Gasteiger partial charge in [-0.3, -0.25) is 4.79 Å². The number of fused-ring (bicyclic) bond motifs is 1. The van der Waals surface area contributed by atoms with E-state index in [9.17, 15) is 13.6 Å². The molecule has 3 aromatic carbocycles. The Morgan fingerprint density at radius 3 is 2.62 bits per heavy atom. The first-order valence-corrected chi connectivity index (χ1v) is 7.94. The van der Waals surface area contributed by atoms with Crippen molar-refractivity contribution in [1.82, 2.24) is 0 Å². The molecular weight excluding hydrogens is 338 g/mol. The van der Waals surface area contributed by atoms with Crippen molar-refractivity contribution in [2.75, 3.05) is 0 Å². The lowest BCUT2D eigenvalue weighted by atomic mass is 9.97. The minimum Gasteiger partial charge on any atom is -0.391 e. The molecular formula is C20H16F2N2O2. The molecule has 0 atom stereocenters. The molecule has 0 radical (unpaired) electrons. The van der Waals surface area contributed by atoms with E-state index in [-0.39, 0.29) is 12.2 Å². The van der Waals surface area contributed by atoms with Crippen LogP contribution >= 0.6 is 0 Å². The van der Waals surface area contributed by atoms with Gasteiger partial charge in [0.25, 0.3) is 0 Å². The quantitative estimate of drug-likeness (QED) is 0.538. The lowest BCUT2D eigenvalue weighted by molar-refractivity contribution is 0.100. The number of halogens is 2. The van der Waals surface area contributed by atoms with Crippen molar-refractivity contribution in [3.05, 3.63) is 82.9 Å². The van der Waals surface area contributed by atoms with Gasteiger partial charge < -0.3 is 10.6 Å². The number of primary amides is 1. The smallest absolute Gasteiger partial charge is 0.249 e. The third kappa shape index (κ3) is 3.85. The molecule has 6 heteroatoms. The molecule has 0 aliphatic heterocycles. The molecule has 2 N–H and O–H groups in total. The molecule has 3 rings (SSSR count). The highest BCUT2D eigenvalue weighted by Gasteiger charge is 2.11. The van der Waals surface area contributed by atoms with Crippen LogP contribution in [-0.4, -0.2) is 12.1 Å². The number of carbonyl (C=O) groups excluding carboxylic acids is 1. The summed E-state index contributed by atoms with van der Waals surface area (Å²) in [6, 6.07) is 14.4. The van der Waals surface area contributed by atoms with Crippen LogP contribution in [0.4, 0.5) is 8.78 Å². The molecule has 26 heavy (non-hydrogen) atoms. The fraction of sp³-hybridized carbons (Fsp3) is 0.100. The van der Waals surface area contributed by atoms with Crippen LogP contribution in [0.15, 0.2) is 59.8 Å². The van der Waals surface area contributed by atoms with E-state index in [0.717, 1.165) is 28.5 Å². The largest absolute Gasteiger partial charge is 0.391 e. The lowest BCUT2D eigenvalue weighted by Gasteiger charge is -2.08. The van der Waals surface area contributed by atoms with Crippen LogP contribution < -0.4 is 5.73 Å². The van der Waals surface area contributed by atoms with Gasteiger partial charge in [0.2, 0.25) is 5.91 Å². The summed E-state index contributed by atoms with van der Waals surface area (Å²) >= 11 is 0. The van der Waals surface area contributed by atoms with E-state index < -0.39 is 17.5 Å². The van der Waals surface area contributed by atoms with Crippen LogP contribution in [-0.2, 0) is 17.9 Å². The van der Waals surface area contributed by atoms with Crippen LogP contribution in [0.25, 0.3) is 10.8 Å². The molecule has 1 amide bonds. The maximum Gasteiger partial charge on any atom is 0.249 e. The summed E-state index contributed by atoms with van der Waals surface area (Å²) in [5.74, 6) is -1.85.